The molecule has 0 aliphatic rings. The second-order valence-corrected chi connectivity index (χ2v) is 8.29. The van der Waals surface area contributed by atoms with E-state index < -0.39 is 0 Å². The molecule has 0 saturated heterocycles. The fraction of sp³-hybridized carbons (Fsp3) is 0.179. The molecule has 2 aromatic heterocycles. The van der Waals surface area contributed by atoms with Crippen LogP contribution in [0, 0.1) is 20.8 Å². The standard InChI is InChI=1S/C28H27N3O/c1-18-13-25(17-26(14-18)24-10-12-30-20(3)16-24)21(4)28(32)31-27-7-5-22(6-8-27)23-9-11-29-19(2)15-23/h5-17,21H,1-4H3,(H,31,32). The number of nitrogens with one attached hydrogen (secondary N) is 1. The first-order valence-corrected chi connectivity index (χ1v) is 10.8. The third-order valence-corrected chi connectivity index (χ3v) is 5.61. The first kappa shape index (κ1) is 21.4. The average Bonchev–Trinajstić information content (AvgIpc) is 2.78. The van der Waals surface area contributed by atoms with E-state index in [1.807, 2.05) is 69.6 Å². The summed E-state index contributed by atoms with van der Waals surface area (Å²) >= 11 is 0. The molecule has 0 aliphatic heterocycles. The van der Waals surface area contributed by atoms with E-state index in [0.717, 1.165) is 50.5 Å². The molecule has 4 aromatic rings. The van der Waals surface area contributed by atoms with Crippen LogP contribution in [0.15, 0.2) is 79.1 Å². The van der Waals surface area contributed by atoms with Gasteiger partial charge in [0.25, 0.3) is 0 Å². The van der Waals surface area contributed by atoms with Crippen molar-refractivity contribution < 1.29 is 4.79 Å². The minimum atomic E-state index is -0.279. The second-order valence-electron chi connectivity index (χ2n) is 8.29. The summed E-state index contributed by atoms with van der Waals surface area (Å²) in [4.78, 5) is 21.5. The number of carbonyl (C=O) groups is 1. The maximum absolute atomic E-state index is 13.0. The smallest absolute Gasteiger partial charge is 0.231 e. The van der Waals surface area contributed by atoms with Crippen LogP contribution in [0.5, 0.6) is 0 Å². The van der Waals surface area contributed by atoms with E-state index in [4.69, 9.17) is 0 Å². The van der Waals surface area contributed by atoms with Gasteiger partial charge in [-0.3, -0.25) is 14.8 Å². The number of carbonyl (C=O) groups excluding carboxylic acids is 1. The summed E-state index contributed by atoms with van der Waals surface area (Å²) in [5, 5.41) is 3.06. The van der Waals surface area contributed by atoms with Crippen molar-refractivity contribution in [2.45, 2.75) is 33.6 Å². The highest BCUT2D eigenvalue weighted by Crippen LogP contribution is 2.28. The van der Waals surface area contributed by atoms with E-state index >= 15 is 0 Å². The van der Waals surface area contributed by atoms with Gasteiger partial charge in [-0.05, 0) is 91.9 Å². The Bertz CT molecular complexity index is 1260. The van der Waals surface area contributed by atoms with Gasteiger partial charge in [0.2, 0.25) is 5.91 Å². The fourth-order valence-corrected chi connectivity index (χ4v) is 3.83. The Morgan fingerprint density at radius 1 is 0.719 bits per heavy atom. The molecular weight excluding hydrogens is 394 g/mol. The molecule has 2 heterocycles. The van der Waals surface area contributed by atoms with E-state index in [2.05, 4.69) is 52.5 Å². The van der Waals surface area contributed by atoms with E-state index in [1.54, 1.807) is 0 Å². The summed E-state index contributed by atoms with van der Waals surface area (Å²) in [5.41, 5.74) is 9.28. The van der Waals surface area contributed by atoms with Crippen molar-refractivity contribution >= 4 is 11.6 Å². The highest BCUT2D eigenvalue weighted by molar-refractivity contribution is 5.96. The van der Waals surface area contributed by atoms with E-state index in [-0.39, 0.29) is 11.8 Å². The molecule has 0 fully saturated rings. The van der Waals surface area contributed by atoms with Crippen LogP contribution in [-0.2, 0) is 4.79 Å². The van der Waals surface area contributed by atoms with E-state index in [1.165, 1.54) is 0 Å². The summed E-state index contributed by atoms with van der Waals surface area (Å²) < 4.78 is 0. The van der Waals surface area contributed by atoms with E-state index in [9.17, 15) is 4.79 Å². The first-order valence-electron chi connectivity index (χ1n) is 10.8. The number of rotatable bonds is 5. The Balaban J connectivity index is 1.51. The zero-order chi connectivity index (χ0) is 22.7. The lowest BCUT2D eigenvalue weighted by Crippen LogP contribution is -2.19. The Morgan fingerprint density at radius 2 is 1.31 bits per heavy atom. The largest absolute Gasteiger partial charge is 0.326 e. The molecule has 0 radical (unpaired) electrons. The van der Waals surface area contributed by atoms with Crippen LogP contribution in [0.4, 0.5) is 5.69 Å². The minimum Gasteiger partial charge on any atom is -0.326 e. The topological polar surface area (TPSA) is 54.9 Å². The molecule has 4 heteroatoms. The fourth-order valence-electron chi connectivity index (χ4n) is 3.83. The predicted octanol–water partition coefficient (Wildman–Crippen LogP) is 6.48. The van der Waals surface area contributed by atoms with Crippen LogP contribution in [0.2, 0.25) is 0 Å². The molecule has 1 N–H and O–H groups in total. The molecule has 0 aliphatic carbocycles. The maximum Gasteiger partial charge on any atom is 0.231 e. The number of nitrogens with zero attached hydrogens (tertiary/aromatic N) is 2. The molecule has 4 nitrogen and oxygen atoms in total. The van der Waals surface area contributed by atoms with Crippen molar-refractivity contribution in [1.29, 1.82) is 0 Å². The number of hydrogen-bond donors (Lipinski definition) is 1. The number of pyridine rings is 2. The van der Waals surface area contributed by atoms with Crippen molar-refractivity contribution in [3.05, 3.63) is 102 Å². The highest BCUT2D eigenvalue weighted by atomic mass is 16.1. The van der Waals surface area contributed by atoms with Crippen molar-refractivity contribution in [2.24, 2.45) is 0 Å². The van der Waals surface area contributed by atoms with Crippen molar-refractivity contribution in [1.82, 2.24) is 9.97 Å². The van der Waals surface area contributed by atoms with Gasteiger partial charge >= 0.3 is 0 Å². The average molecular weight is 422 g/mol. The lowest BCUT2D eigenvalue weighted by atomic mass is 9.93. The minimum absolute atomic E-state index is 0.0278. The summed E-state index contributed by atoms with van der Waals surface area (Å²) in [6.45, 7) is 7.97. The van der Waals surface area contributed by atoms with Crippen LogP contribution < -0.4 is 5.32 Å². The monoisotopic (exact) mass is 421 g/mol. The SMILES string of the molecule is Cc1cc(-c2ccnc(C)c2)cc(C(C)C(=O)Nc2ccc(-c3ccnc(C)c3)cc2)c1. The van der Waals surface area contributed by atoms with Gasteiger partial charge in [0, 0.05) is 29.5 Å². The van der Waals surface area contributed by atoms with Gasteiger partial charge < -0.3 is 5.32 Å². The molecule has 0 spiro atoms. The molecule has 0 bridgehead atoms. The Hall–Kier alpha value is -3.79. The zero-order valence-electron chi connectivity index (χ0n) is 18.9. The van der Waals surface area contributed by atoms with Gasteiger partial charge in [-0.15, -0.1) is 0 Å². The van der Waals surface area contributed by atoms with Crippen LogP contribution in [0.1, 0.15) is 35.4 Å². The molecule has 1 amide bonds. The Kier molecular flexibility index (Phi) is 6.13. The summed E-state index contributed by atoms with van der Waals surface area (Å²) in [5.74, 6) is -0.306. The molecule has 0 saturated carbocycles. The Morgan fingerprint density at radius 3 is 1.91 bits per heavy atom. The van der Waals surface area contributed by atoms with Crippen LogP contribution in [-0.4, -0.2) is 15.9 Å². The molecule has 160 valence electrons. The molecule has 2 aromatic carbocycles. The van der Waals surface area contributed by atoms with Gasteiger partial charge in [-0.1, -0.05) is 35.9 Å². The molecule has 1 atom stereocenters. The number of amides is 1. The third-order valence-electron chi connectivity index (χ3n) is 5.61. The number of aryl methyl sites for hydroxylation is 3. The van der Waals surface area contributed by atoms with Crippen LogP contribution in [0.3, 0.4) is 0 Å². The lowest BCUT2D eigenvalue weighted by molar-refractivity contribution is -0.117. The second kappa shape index (κ2) is 9.15. The summed E-state index contributed by atoms with van der Waals surface area (Å²) in [6.07, 6.45) is 3.63. The lowest BCUT2D eigenvalue weighted by Gasteiger charge is -2.15. The number of benzene rings is 2. The summed E-state index contributed by atoms with van der Waals surface area (Å²) in [6, 6.07) is 22.3. The number of hydrogen-bond acceptors (Lipinski definition) is 3. The van der Waals surface area contributed by atoms with Crippen molar-refractivity contribution in [3.8, 4) is 22.3 Å². The normalized spacial score (nSPS) is 11.8. The maximum atomic E-state index is 13.0. The van der Waals surface area contributed by atoms with Gasteiger partial charge in [-0.2, -0.15) is 0 Å². The zero-order valence-corrected chi connectivity index (χ0v) is 18.9. The summed E-state index contributed by atoms with van der Waals surface area (Å²) in [7, 11) is 0. The van der Waals surface area contributed by atoms with E-state index in [0.29, 0.717) is 0 Å². The van der Waals surface area contributed by atoms with Crippen LogP contribution >= 0.6 is 0 Å². The number of anilines is 1. The molecule has 4 rings (SSSR count). The predicted molar refractivity (Wildman–Crippen MR) is 131 cm³/mol. The van der Waals surface area contributed by atoms with Crippen LogP contribution in [0.25, 0.3) is 22.3 Å². The first-order chi connectivity index (χ1) is 15.4. The van der Waals surface area contributed by atoms with Gasteiger partial charge in [0.15, 0.2) is 0 Å². The molecule has 32 heavy (non-hydrogen) atoms. The third kappa shape index (κ3) is 4.92. The van der Waals surface area contributed by atoms with Gasteiger partial charge in [0.1, 0.15) is 0 Å². The quantitative estimate of drug-likeness (QED) is 0.401. The highest BCUT2D eigenvalue weighted by Gasteiger charge is 2.17. The van der Waals surface area contributed by atoms with Crippen molar-refractivity contribution in [2.75, 3.05) is 5.32 Å². The number of aromatic nitrogens is 2. The Labute approximate surface area is 189 Å². The van der Waals surface area contributed by atoms with Gasteiger partial charge in [0.05, 0.1) is 5.92 Å². The van der Waals surface area contributed by atoms with Gasteiger partial charge in [-0.25, -0.2) is 0 Å². The molecular formula is C28H27N3O. The molecule has 1 unspecified atom stereocenters. The van der Waals surface area contributed by atoms with Crippen molar-refractivity contribution in [3.63, 3.8) is 0 Å².